The second-order valence-electron chi connectivity index (χ2n) is 12.8. The molecule has 45 heavy (non-hydrogen) atoms. The van der Waals surface area contributed by atoms with E-state index in [9.17, 15) is 19.5 Å². The summed E-state index contributed by atoms with van der Waals surface area (Å²) in [6, 6.07) is 0. The lowest BCUT2D eigenvalue weighted by Gasteiger charge is -2.16. The highest BCUT2D eigenvalue weighted by atomic mass is 16.5. The Bertz CT molecular complexity index is 759. The number of ether oxygens (including phenoxy) is 1. The van der Waals surface area contributed by atoms with Crippen molar-refractivity contribution >= 4 is 17.5 Å². The maximum absolute atomic E-state index is 13.0. The molecule has 0 bridgehead atoms. The molecule has 6 nitrogen and oxygen atoms in total. The topological polar surface area (TPSA) is 101 Å². The summed E-state index contributed by atoms with van der Waals surface area (Å²) >= 11 is 0. The number of rotatable bonds is 34. The van der Waals surface area contributed by atoms with Gasteiger partial charge in [-0.1, -0.05) is 147 Å². The lowest BCUT2D eigenvalue weighted by atomic mass is 9.91. The van der Waals surface area contributed by atoms with Crippen molar-refractivity contribution in [3.05, 3.63) is 24.3 Å². The predicted molar refractivity (Wildman–Crippen MR) is 187 cm³/mol. The van der Waals surface area contributed by atoms with E-state index in [0.29, 0.717) is 12.8 Å². The van der Waals surface area contributed by atoms with Gasteiger partial charge in [0.15, 0.2) is 17.5 Å². The minimum absolute atomic E-state index is 0.178. The van der Waals surface area contributed by atoms with Crippen LogP contribution in [0.3, 0.4) is 0 Å². The van der Waals surface area contributed by atoms with Crippen LogP contribution in [-0.4, -0.2) is 47.1 Å². The molecule has 1 unspecified atom stereocenters. The Morgan fingerprint density at radius 3 is 1.38 bits per heavy atom. The van der Waals surface area contributed by atoms with E-state index in [2.05, 4.69) is 38.2 Å². The Morgan fingerprint density at radius 2 is 0.933 bits per heavy atom. The van der Waals surface area contributed by atoms with Gasteiger partial charge in [-0.25, -0.2) is 0 Å². The minimum atomic E-state index is -1.42. The summed E-state index contributed by atoms with van der Waals surface area (Å²) in [7, 11) is 0. The normalized spacial score (nSPS) is 13.1. The summed E-state index contributed by atoms with van der Waals surface area (Å²) in [5, 5.41) is 18.6. The number of hydrogen-bond donors (Lipinski definition) is 2. The molecule has 0 aliphatic carbocycles. The Kier molecular flexibility index (Phi) is 32.2. The molecule has 2 atom stereocenters. The molecule has 6 heteroatoms. The first-order chi connectivity index (χ1) is 22.0. The van der Waals surface area contributed by atoms with Crippen molar-refractivity contribution in [2.75, 3.05) is 13.2 Å². The molecule has 0 saturated carbocycles. The molecule has 0 aliphatic heterocycles. The van der Waals surface area contributed by atoms with E-state index in [1.807, 2.05) is 0 Å². The average Bonchev–Trinajstić information content (AvgIpc) is 3.04. The minimum Gasteiger partial charge on any atom is -0.462 e. The van der Waals surface area contributed by atoms with Gasteiger partial charge in [-0.15, -0.1) is 0 Å². The van der Waals surface area contributed by atoms with Gasteiger partial charge in [-0.05, 0) is 44.9 Å². The second-order valence-corrected chi connectivity index (χ2v) is 12.8. The number of Topliss-reactive ketones (excluding diaryl/α,β-unsaturated/α-hetero) is 2. The molecule has 0 radical (unpaired) electrons. The van der Waals surface area contributed by atoms with Gasteiger partial charge in [0.05, 0.1) is 6.61 Å². The van der Waals surface area contributed by atoms with E-state index in [1.165, 1.54) is 83.5 Å². The fourth-order valence-corrected chi connectivity index (χ4v) is 5.47. The van der Waals surface area contributed by atoms with Gasteiger partial charge >= 0.3 is 5.97 Å². The van der Waals surface area contributed by atoms with Gasteiger partial charge in [0, 0.05) is 12.8 Å². The molecular formula is C39H70O6. The van der Waals surface area contributed by atoms with Crippen LogP contribution in [0.15, 0.2) is 24.3 Å². The summed E-state index contributed by atoms with van der Waals surface area (Å²) in [5.74, 6) is -3.08. The van der Waals surface area contributed by atoms with Gasteiger partial charge < -0.3 is 14.9 Å². The van der Waals surface area contributed by atoms with Gasteiger partial charge in [-0.3, -0.25) is 14.4 Å². The van der Waals surface area contributed by atoms with E-state index in [1.54, 1.807) is 0 Å². The third-order valence-corrected chi connectivity index (χ3v) is 8.41. The number of esters is 1. The molecule has 0 spiro atoms. The summed E-state index contributed by atoms with van der Waals surface area (Å²) in [4.78, 5) is 38.6. The van der Waals surface area contributed by atoms with Crippen LogP contribution < -0.4 is 0 Å². The molecule has 0 amide bonds. The number of aliphatic hydroxyl groups excluding tert-OH is 2. The van der Waals surface area contributed by atoms with Crippen molar-refractivity contribution in [2.45, 2.75) is 187 Å². The summed E-state index contributed by atoms with van der Waals surface area (Å²) in [5.41, 5.74) is 0. The first-order valence-corrected chi connectivity index (χ1v) is 18.8. The van der Waals surface area contributed by atoms with Crippen LogP contribution in [0, 0.1) is 5.92 Å². The third kappa shape index (κ3) is 28.2. The standard InChI is InChI=1S/C39H70O6/c1-3-5-7-9-11-13-15-17-18-20-22-24-26-28-30-32-37(43)38(39(44)45-34-35(41)33-40)36(42)31-29-27-25-23-21-19-16-14-12-10-8-6-4-2/h11,13,17-18,35,38,40-41H,3-10,12,14-16,19-34H2,1-2H3/b13-11-,18-17-/t35?,38-/m0/s1. The molecule has 0 aliphatic rings. The number of ketones is 2. The van der Waals surface area contributed by atoms with Crippen LogP contribution in [0.2, 0.25) is 0 Å². The van der Waals surface area contributed by atoms with Crippen molar-refractivity contribution in [2.24, 2.45) is 5.92 Å². The zero-order chi connectivity index (χ0) is 33.2. The first-order valence-electron chi connectivity index (χ1n) is 18.8. The highest BCUT2D eigenvalue weighted by Crippen LogP contribution is 2.18. The number of carbonyl (C=O) groups excluding carboxylic acids is 3. The van der Waals surface area contributed by atoms with Crippen LogP contribution >= 0.6 is 0 Å². The molecule has 0 saturated heterocycles. The Morgan fingerprint density at radius 1 is 0.556 bits per heavy atom. The summed E-state index contributed by atoms with van der Waals surface area (Å²) < 4.78 is 5.05. The van der Waals surface area contributed by atoms with E-state index in [-0.39, 0.29) is 24.4 Å². The van der Waals surface area contributed by atoms with Gasteiger partial charge in [-0.2, -0.15) is 0 Å². The SMILES string of the molecule is CCCCC/C=C\C/C=C\CCCCCCCC(=O)[C@H](C(=O)CCCCCCCCCCCCCCC)C(=O)OCC(O)CO. The second kappa shape index (κ2) is 33.6. The summed E-state index contributed by atoms with van der Waals surface area (Å²) in [6.45, 7) is 3.49. The summed E-state index contributed by atoms with van der Waals surface area (Å²) in [6.07, 6.45) is 35.6. The quantitative estimate of drug-likeness (QED) is 0.0316. The monoisotopic (exact) mass is 635 g/mol. The molecule has 0 heterocycles. The molecule has 0 rings (SSSR count). The zero-order valence-electron chi connectivity index (χ0n) is 29.3. The maximum atomic E-state index is 13.0. The molecule has 2 N–H and O–H groups in total. The molecule has 262 valence electrons. The van der Waals surface area contributed by atoms with Crippen LogP contribution in [-0.2, 0) is 19.1 Å². The van der Waals surface area contributed by atoms with Crippen molar-refractivity contribution in [3.8, 4) is 0 Å². The molecule has 0 fully saturated rings. The van der Waals surface area contributed by atoms with Crippen molar-refractivity contribution < 1.29 is 29.3 Å². The lowest BCUT2D eigenvalue weighted by molar-refractivity contribution is -0.158. The lowest BCUT2D eigenvalue weighted by Crippen LogP contribution is -2.35. The van der Waals surface area contributed by atoms with Crippen molar-refractivity contribution in [1.82, 2.24) is 0 Å². The fraction of sp³-hybridized carbons (Fsp3) is 0.821. The van der Waals surface area contributed by atoms with Crippen LogP contribution in [0.4, 0.5) is 0 Å². The first kappa shape index (κ1) is 43.2. The van der Waals surface area contributed by atoms with E-state index < -0.39 is 31.2 Å². The highest BCUT2D eigenvalue weighted by molar-refractivity contribution is 6.17. The number of unbranched alkanes of at least 4 members (excludes halogenated alkanes) is 20. The van der Waals surface area contributed by atoms with E-state index in [4.69, 9.17) is 9.84 Å². The molecule has 0 aromatic carbocycles. The van der Waals surface area contributed by atoms with Crippen molar-refractivity contribution in [1.29, 1.82) is 0 Å². The van der Waals surface area contributed by atoms with Crippen LogP contribution in [0.5, 0.6) is 0 Å². The largest absolute Gasteiger partial charge is 0.462 e. The maximum Gasteiger partial charge on any atom is 0.324 e. The average molecular weight is 635 g/mol. The van der Waals surface area contributed by atoms with Crippen molar-refractivity contribution in [3.63, 3.8) is 0 Å². The smallest absolute Gasteiger partial charge is 0.324 e. The molecule has 0 aromatic rings. The molecule has 0 aromatic heterocycles. The number of carbonyl (C=O) groups is 3. The van der Waals surface area contributed by atoms with Crippen LogP contribution in [0.25, 0.3) is 0 Å². The Labute approximate surface area is 276 Å². The Balaban J connectivity index is 4.26. The number of aliphatic hydroxyl groups is 2. The van der Waals surface area contributed by atoms with Gasteiger partial charge in [0.1, 0.15) is 12.7 Å². The van der Waals surface area contributed by atoms with Gasteiger partial charge in [0.25, 0.3) is 0 Å². The zero-order valence-corrected chi connectivity index (χ0v) is 29.3. The highest BCUT2D eigenvalue weighted by Gasteiger charge is 2.34. The number of allylic oxidation sites excluding steroid dienone is 4. The predicted octanol–water partition coefficient (Wildman–Crippen LogP) is 9.93. The molecular weight excluding hydrogens is 564 g/mol. The van der Waals surface area contributed by atoms with Crippen LogP contribution in [0.1, 0.15) is 181 Å². The third-order valence-electron chi connectivity index (χ3n) is 8.41. The number of hydrogen-bond acceptors (Lipinski definition) is 6. The van der Waals surface area contributed by atoms with E-state index in [0.717, 1.165) is 57.8 Å². The Hall–Kier alpha value is -1.79. The fourth-order valence-electron chi connectivity index (χ4n) is 5.47. The van der Waals surface area contributed by atoms with Gasteiger partial charge in [0.2, 0.25) is 0 Å². The van der Waals surface area contributed by atoms with E-state index >= 15 is 0 Å².